The number of ether oxygens (including phenoxy) is 1. The Kier molecular flexibility index (Phi) is 7.86. The van der Waals surface area contributed by atoms with E-state index in [0.29, 0.717) is 34.9 Å². The molecule has 1 aliphatic heterocycles. The zero-order valence-corrected chi connectivity index (χ0v) is 24.7. The van der Waals surface area contributed by atoms with E-state index in [1.807, 2.05) is 55.1 Å². The molecule has 0 saturated heterocycles. The number of anilines is 3. The van der Waals surface area contributed by atoms with Gasteiger partial charge in [-0.25, -0.2) is 4.98 Å². The largest absolute Gasteiger partial charge is 0.495 e. The zero-order valence-electron chi connectivity index (χ0n) is 24.7. The molecule has 1 fully saturated rings. The summed E-state index contributed by atoms with van der Waals surface area (Å²) in [7, 11) is 1.57. The van der Waals surface area contributed by atoms with Crippen molar-refractivity contribution in [1.82, 2.24) is 19.9 Å². The van der Waals surface area contributed by atoms with Gasteiger partial charge in [0.25, 0.3) is 11.8 Å². The molecule has 5 N–H and O–H groups in total. The Morgan fingerprint density at radius 3 is 2.51 bits per heavy atom. The van der Waals surface area contributed by atoms with Gasteiger partial charge in [0, 0.05) is 47.0 Å². The second kappa shape index (κ2) is 11.9. The highest BCUT2D eigenvalue weighted by Gasteiger charge is 2.25. The molecular weight excluding hydrogens is 542 g/mol. The fourth-order valence-electron chi connectivity index (χ4n) is 6.00. The third-order valence-electron chi connectivity index (χ3n) is 8.47. The first kappa shape index (κ1) is 28.4. The first-order chi connectivity index (χ1) is 20.8. The van der Waals surface area contributed by atoms with Crippen molar-refractivity contribution >= 4 is 29.1 Å². The van der Waals surface area contributed by atoms with Crippen molar-refractivity contribution < 1.29 is 14.3 Å². The summed E-state index contributed by atoms with van der Waals surface area (Å²) < 4.78 is 7.58. The SMILES string of the molecule is COc1cc(C(=O)N[C@H]2CC[C@@H](N)CC2)ccc1Nc1ncc2c(n1)-n1ccc(C(=O)Nc3c(C)cccc3C)c1CC2. The Bertz CT molecular complexity index is 1670. The van der Waals surface area contributed by atoms with Crippen LogP contribution >= 0.6 is 0 Å². The van der Waals surface area contributed by atoms with E-state index >= 15 is 0 Å². The maximum Gasteiger partial charge on any atom is 0.257 e. The van der Waals surface area contributed by atoms with E-state index in [-0.39, 0.29) is 23.9 Å². The average molecular weight is 580 g/mol. The minimum atomic E-state index is -0.136. The standard InChI is InChI=1S/C33H37N7O3/c1-19-5-4-6-20(2)29(19)38-32(42)25-15-16-40-27(25)14-8-22-18-35-33(39-30(22)40)37-26-13-7-21(17-28(26)43-3)31(41)36-24-11-9-23(34)10-12-24/h4-7,13,15-18,23-24H,8-12,14,34H2,1-3H3,(H,36,41)(H,38,42)(H,35,37,39)/t23-,24+. The molecule has 1 saturated carbocycles. The molecule has 10 nitrogen and oxygen atoms in total. The lowest BCUT2D eigenvalue weighted by molar-refractivity contribution is 0.0925. The second-order valence-electron chi connectivity index (χ2n) is 11.4. The molecule has 4 aromatic rings. The van der Waals surface area contributed by atoms with Crippen molar-refractivity contribution in [3.63, 3.8) is 0 Å². The van der Waals surface area contributed by atoms with Crippen LogP contribution in [0.15, 0.2) is 54.9 Å². The molecule has 2 aromatic heterocycles. The van der Waals surface area contributed by atoms with Gasteiger partial charge in [0.1, 0.15) is 11.6 Å². The van der Waals surface area contributed by atoms with Gasteiger partial charge in [-0.05, 0) is 87.8 Å². The van der Waals surface area contributed by atoms with Crippen LogP contribution in [0.1, 0.15) is 68.8 Å². The Morgan fingerprint density at radius 1 is 1.00 bits per heavy atom. The zero-order chi connectivity index (χ0) is 30.1. The van der Waals surface area contributed by atoms with Crippen LogP contribution in [0, 0.1) is 13.8 Å². The van der Waals surface area contributed by atoms with E-state index in [4.69, 9.17) is 15.5 Å². The highest BCUT2D eigenvalue weighted by atomic mass is 16.5. The van der Waals surface area contributed by atoms with Gasteiger partial charge in [-0.2, -0.15) is 4.98 Å². The Hall–Kier alpha value is -4.70. The van der Waals surface area contributed by atoms with Crippen molar-refractivity contribution in [1.29, 1.82) is 0 Å². The molecule has 43 heavy (non-hydrogen) atoms. The molecule has 0 radical (unpaired) electrons. The lowest BCUT2D eigenvalue weighted by atomic mass is 9.91. The maximum atomic E-state index is 13.3. The molecular formula is C33H37N7O3. The monoisotopic (exact) mass is 579 g/mol. The summed E-state index contributed by atoms with van der Waals surface area (Å²) in [5.41, 5.74) is 12.6. The molecule has 0 atom stereocenters. The molecule has 2 aromatic carbocycles. The molecule has 10 heteroatoms. The number of aryl methyl sites for hydroxylation is 3. The van der Waals surface area contributed by atoms with Crippen molar-refractivity contribution in [3.05, 3.63) is 88.4 Å². The van der Waals surface area contributed by atoms with Crippen molar-refractivity contribution in [2.45, 2.75) is 64.5 Å². The first-order valence-electron chi connectivity index (χ1n) is 14.8. The van der Waals surface area contributed by atoms with Crippen LogP contribution in [0.5, 0.6) is 5.75 Å². The molecule has 2 aliphatic rings. The number of carbonyl (C=O) groups is 2. The molecule has 0 unspecified atom stereocenters. The number of nitrogens with zero attached hydrogens (tertiary/aromatic N) is 3. The van der Waals surface area contributed by atoms with Crippen molar-refractivity contribution in [2.24, 2.45) is 5.73 Å². The number of methoxy groups -OCH3 is 1. The fourth-order valence-corrected chi connectivity index (χ4v) is 6.00. The van der Waals surface area contributed by atoms with Gasteiger partial charge in [0.2, 0.25) is 5.95 Å². The second-order valence-corrected chi connectivity index (χ2v) is 11.4. The number of fused-ring (bicyclic) bond motifs is 3. The predicted octanol–water partition coefficient (Wildman–Crippen LogP) is 4.99. The summed E-state index contributed by atoms with van der Waals surface area (Å²) in [4.78, 5) is 35.6. The van der Waals surface area contributed by atoms with Gasteiger partial charge >= 0.3 is 0 Å². The van der Waals surface area contributed by atoms with Crippen LogP contribution in [0.25, 0.3) is 5.82 Å². The van der Waals surface area contributed by atoms with E-state index < -0.39 is 0 Å². The van der Waals surface area contributed by atoms with Crippen LogP contribution in [0.3, 0.4) is 0 Å². The Balaban J connectivity index is 1.20. The number of aromatic nitrogens is 3. The molecule has 2 amide bonds. The van der Waals surface area contributed by atoms with E-state index in [2.05, 4.69) is 20.9 Å². The van der Waals surface area contributed by atoms with Crippen LogP contribution < -0.4 is 26.4 Å². The van der Waals surface area contributed by atoms with Crippen LogP contribution in [0.2, 0.25) is 0 Å². The van der Waals surface area contributed by atoms with Crippen molar-refractivity contribution in [2.75, 3.05) is 17.7 Å². The molecule has 3 heterocycles. The number of hydrogen-bond acceptors (Lipinski definition) is 7. The molecule has 0 bridgehead atoms. The van der Waals surface area contributed by atoms with Gasteiger partial charge < -0.3 is 31.0 Å². The number of benzene rings is 2. The van der Waals surface area contributed by atoms with Gasteiger partial charge in [0.05, 0.1) is 18.4 Å². The van der Waals surface area contributed by atoms with Gasteiger partial charge in [-0.1, -0.05) is 18.2 Å². The summed E-state index contributed by atoms with van der Waals surface area (Å²) in [6, 6.07) is 13.4. The lowest BCUT2D eigenvalue weighted by Crippen LogP contribution is -2.40. The highest BCUT2D eigenvalue weighted by molar-refractivity contribution is 6.06. The summed E-state index contributed by atoms with van der Waals surface area (Å²) in [6.45, 7) is 3.98. The number of nitrogens with one attached hydrogen (secondary N) is 3. The topological polar surface area (TPSA) is 136 Å². The third kappa shape index (κ3) is 5.83. The normalized spacial score (nSPS) is 17.4. The number of rotatable bonds is 7. The first-order valence-corrected chi connectivity index (χ1v) is 14.8. The molecule has 1 aliphatic carbocycles. The summed E-state index contributed by atoms with van der Waals surface area (Å²) in [6.07, 6.45) is 8.75. The summed E-state index contributed by atoms with van der Waals surface area (Å²) in [5.74, 6) is 1.35. The maximum absolute atomic E-state index is 13.3. The molecule has 222 valence electrons. The predicted molar refractivity (Wildman–Crippen MR) is 167 cm³/mol. The van der Waals surface area contributed by atoms with Crippen molar-refractivity contribution in [3.8, 4) is 11.6 Å². The van der Waals surface area contributed by atoms with Gasteiger partial charge in [-0.3, -0.25) is 9.59 Å². The Morgan fingerprint density at radius 2 is 1.77 bits per heavy atom. The average Bonchev–Trinajstić information content (AvgIpc) is 3.45. The van der Waals surface area contributed by atoms with Gasteiger partial charge in [-0.15, -0.1) is 0 Å². The lowest BCUT2D eigenvalue weighted by Gasteiger charge is -2.26. The quantitative estimate of drug-likeness (QED) is 0.242. The number of para-hydroxylation sites is 1. The van der Waals surface area contributed by atoms with E-state index in [0.717, 1.165) is 66.0 Å². The van der Waals surface area contributed by atoms with E-state index in [1.54, 1.807) is 25.3 Å². The number of hydrogen-bond donors (Lipinski definition) is 4. The van der Waals surface area contributed by atoms with Crippen LogP contribution in [-0.2, 0) is 12.8 Å². The number of amides is 2. The minimum absolute atomic E-state index is 0.132. The Labute approximate surface area is 251 Å². The highest BCUT2D eigenvalue weighted by Crippen LogP contribution is 2.31. The fraction of sp³-hybridized carbons (Fsp3) is 0.333. The third-order valence-corrected chi connectivity index (χ3v) is 8.47. The minimum Gasteiger partial charge on any atom is -0.495 e. The molecule has 6 rings (SSSR count). The smallest absolute Gasteiger partial charge is 0.257 e. The van der Waals surface area contributed by atoms with Crippen LogP contribution in [-0.4, -0.2) is 45.5 Å². The van der Waals surface area contributed by atoms with E-state index in [9.17, 15) is 9.59 Å². The van der Waals surface area contributed by atoms with Gasteiger partial charge in [0.15, 0.2) is 0 Å². The molecule has 0 spiro atoms. The summed E-state index contributed by atoms with van der Waals surface area (Å²) in [5, 5.41) is 9.47. The van der Waals surface area contributed by atoms with Crippen LogP contribution in [0.4, 0.5) is 17.3 Å². The number of carbonyl (C=O) groups excluding carboxylic acids is 2. The summed E-state index contributed by atoms with van der Waals surface area (Å²) >= 11 is 0. The number of nitrogens with two attached hydrogens (primary N) is 1. The van der Waals surface area contributed by atoms with E-state index in [1.165, 1.54) is 0 Å².